The number of ether oxygens (including phenoxy) is 1. The van der Waals surface area contributed by atoms with E-state index in [4.69, 9.17) is 16.2 Å². The number of pyridine rings is 1. The third-order valence-electron chi connectivity index (χ3n) is 7.62. The molecule has 2 saturated heterocycles. The van der Waals surface area contributed by atoms with Crippen LogP contribution in [0.4, 0.5) is 32.2 Å². The molecule has 2 aliphatic heterocycles. The predicted octanol–water partition coefficient (Wildman–Crippen LogP) is 1.15. The second-order valence-corrected chi connectivity index (χ2v) is 10.6. The van der Waals surface area contributed by atoms with Gasteiger partial charge in [-0.05, 0) is 18.6 Å². The van der Waals surface area contributed by atoms with E-state index in [0.29, 0.717) is 4.90 Å². The number of nitrogens with two attached hydrogens (primary N) is 2. The molecule has 3 atom stereocenters. The molecule has 2 fully saturated rings. The van der Waals surface area contributed by atoms with Crippen molar-refractivity contribution in [3.8, 4) is 17.1 Å². The first-order valence-corrected chi connectivity index (χ1v) is 12.8. The Morgan fingerprint density at radius 1 is 1.14 bits per heavy atom. The Kier molecular flexibility index (Phi) is 7.14. The van der Waals surface area contributed by atoms with Crippen molar-refractivity contribution >= 4 is 29.1 Å². The average Bonchev–Trinajstić information content (AvgIpc) is 3.50. The van der Waals surface area contributed by atoms with E-state index in [1.165, 1.54) is 6.07 Å². The number of alkyl halides is 6. The summed E-state index contributed by atoms with van der Waals surface area (Å²) in [6.07, 6.45) is -5.39. The van der Waals surface area contributed by atoms with Gasteiger partial charge >= 0.3 is 6.18 Å². The van der Waals surface area contributed by atoms with Crippen molar-refractivity contribution in [2.75, 3.05) is 39.0 Å². The standard InChI is InChI=1S/C25H24F6N8O5/c1-23(43,25(29,30)31)22(42)37-5-12(13(26)6-37)15-11(4-34-20(44-2)16(15)19(33)40)14-3-10(17-18(32)35-9-36-39(14)17)21(41)38-7-24(27,28)8-38/h3-4,9,12-13,43H,5-8H2,1-2H3,(H2,33,40)(H2,32,35,36)/t12-,13-,23?/m1/s1. The summed E-state index contributed by atoms with van der Waals surface area (Å²) in [5.41, 5.74) is 6.50. The third-order valence-corrected chi connectivity index (χ3v) is 7.62. The second kappa shape index (κ2) is 10.2. The van der Waals surface area contributed by atoms with Crippen molar-refractivity contribution in [2.24, 2.45) is 5.73 Å². The Hall–Kier alpha value is -4.68. The van der Waals surface area contributed by atoms with Crippen LogP contribution in [-0.4, -0.2) is 109 Å². The summed E-state index contributed by atoms with van der Waals surface area (Å²) in [7, 11) is 1.12. The summed E-state index contributed by atoms with van der Waals surface area (Å²) in [5.74, 6) is -9.13. The van der Waals surface area contributed by atoms with Crippen molar-refractivity contribution in [3.63, 3.8) is 0 Å². The normalized spacial score (nSPS) is 21.2. The van der Waals surface area contributed by atoms with E-state index >= 15 is 4.39 Å². The van der Waals surface area contributed by atoms with Gasteiger partial charge in [-0.3, -0.25) is 14.4 Å². The number of likely N-dealkylation sites (tertiary alicyclic amines) is 2. The van der Waals surface area contributed by atoms with Gasteiger partial charge < -0.3 is 31.1 Å². The number of fused-ring (bicyclic) bond motifs is 1. The Morgan fingerprint density at radius 2 is 1.80 bits per heavy atom. The van der Waals surface area contributed by atoms with E-state index in [1.54, 1.807) is 0 Å². The average molecular weight is 631 g/mol. The summed E-state index contributed by atoms with van der Waals surface area (Å²) in [6, 6.07) is 1.18. The number of amides is 3. The monoisotopic (exact) mass is 630 g/mol. The highest BCUT2D eigenvalue weighted by atomic mass is 19.4. The van der Waals surface area contributed by atoms with Gasteiger partial charge in [0.2, 0.25) is 11.5 Å². The number of carbonyl (C=O) groups is 3. The quantitative estimate of drug-likeness (QED) is 0.337. The molecule has 0 saturated carbocycles. The molecule has 13 nitrogen and oxygen atoms in total. The summed E-state index contributed by atoms with van der Waals surface area (Å²) in [6.45, 7) is -3.15. The number of anilines is 1. The van der Waals surface area contributed by atoms with Crippen LogP contribution in [-0.2, 0) is 4.79 Å². The SMILES string of the molecule is COc1ncc(-c2cc(C(=O)N3CC(F)(F)C3)c3c(N)ncnn23)c([C@@H]2CN(C(=O)C(C)(O)C(F)(F)F)C[C@H]2F)c1C(N)=O. The van der Waals surface area contributed by atoms with Crippen LogP contribution < -0.4 is 16.2 Å². The molecule has 3 aromatic heterocycles. The molecule has 236 valence electrons. The van der Waals surface area contributed by atoms with E-state index in [9.17, 15) is 41.4 Å². The molecule has 0 aromatic carbocycles. The number of nitrogens with zero attached hydrogens (tertiary/aromatic N) is 6. The molecule has 5 rings (SSSR count). The Morgan fingerprint density at radius 3 is 2.36 bits per heavy atom. The van der Waals surface area contributed by atoms with Crippen molar-refractivity contribution in [2.45, 2.75) is 36.7 Å². The van der Waals surface area contributed by atoms with Gasteiger partial charge in [0.15, 0.2) is 5.82 Å². The van der Waals surface area contributed by atoms with Crippen molar-refractivity contribution < 1.29 is 50.6 Å². The number of hydrogen-bond acceptors (Lipinski definition) is 9. The maximum absolute atomic E-state index is 15.7. The molecule has 0 bridgehead atoms. The van der Waals surface area contributed by atoms with Crippen LogP contribution in [0.1, 0.15) is 39.1 Å². The summed E-state index contributed by atoms with van der Waals surface area (Å²) in [5, 5.41) is 14.0. The van der Waals surface area contributed by atoms with Gasteiger partial charge in [0, 0.05) is 24.2 Å². The third kappa shape index (κ3) is 4.80. The molecular weight excluding hydrogens is 606 g/mol. The predicted molar refractivity (Wildman–Crippen MR) is 137 cm³/mol. The van der Waals surface area contributed by atoms with Crippen LogP contribution in [0.15, 0.2) is 18.6 Å². The molecule has 19 heteroatoms. The maximum atomic E-state index is 15.7. The van der Waals surface area contributed by atoms with Gasteiger partial charge in [-0.2, -0.15) is 18.3 Å². The number of halogens is 6. The minimum atomic E-state index is -5.38. The van der Waals surface area contributed by atoms with E-state index in [1.807, 2.05) is 0 Å². The zero-order valence-corrected chi connectivity index (χ0v) is 22.9. The number of carbonyl (C=O) groups excluding carboxylic acids is 3. The summed E-state index contributed by atoms with van der Waals surface area (Å²) >= 11 is 0. The van der Waals surface area contributed by atoms with Crippen LogP contribution in [0.5, 0.6) is 5.88 Å². The van der Waals surface area contributed by atoms with Crippen molar-refractivity contribution in [1.82, 2.24) is 29.4 Å². The summed E-state index contributed by atoms with van der Waals surface area (Å²) < 4.78 is 89.3. The first-order valence-electron chi connectivity index (χ1n) is 12.8. The fraction of sp³-hybridized carbons (Fsp3) is 0.440. The van der Waals surface area contributed by atoms with Crippen molar-refractivity contribution in [3.05, 3.63) is 35.3 Å². The highest BCUT2D eigenvalue weighted by Crippen LogP contribution is 2.43. The van der Waals surface area contributed by atoms with Gasteiger partial charge in [0.25, 0.3) is 23.6 Å². The smallest absolute Gasteiger partial charge is 0.426 e. The number of aliphatic hydroxyl groups is 1. The van der Waals surface area contributed by atoms with Gasteiger partial charge in [-0.1, -0.05) is 0 Å². The van der Waals surface area contributed by atoms with E-state index < -0.39 is 79.3 Å². The first kappa shape index (κ1) is 30.8. The molecule has 3 amide bonds. The number of hydrogen-bond donors (Lipinski definition) is 3. The zero-order chi connectivity index (χ0) is 32.5. The summed E-state index contributed by atoms with van der Waals surface area (Å²) in [4.78, 5) is 47.8. The second-order valence-electron chi connectivity index (χ2n) is 10.6. The van der Waals surface area contributed by atoms with Gasteiger partial charge in [-0.25, -0.2) is 27.7 Å². The highest BCUT2D eigenvalue weighted by molar-refractivity contribution is 6.06. The Bertz CT molecular complexity index is 1690. The fourth-order valence-electron chi connectivity index (χ4n) is 5.37. The zero-order valence-electron chi connectivity index (χ0n) is 22.9. The van der Waals surface area contributed by atoms with Crippen LogP contribution in [0.25, 0.3) is 16.8 Å². The molecule has 0 radical (unpaired) electrons. The molecule has 5 heterocycles. The number of rotatable bonds is 6. The van der Waals surface area contributed by atoms with Crippen molar-refractivity contribution in [1.29, 1.82) is 0 Å². The maximum Gasteiger partial charge on any atom is 0.426 e. The first-order chi connectivity index (χ1) is 20.4. The van der Waals surface area contributed by atoms with Gasteiger partial charge in [0.05, 0.1) is 38.0 Å². The molecule has 44 heavy (non-hydrogen) atoms. The number of primary amides is 1. The molecule has 2 aliphatic rings. The molecular formula is C25H24F6N8O5. The molecule has 1 unspecified atom stereocenters. The van der Waals surface area contributed by atoms with Crippen LogP contribution in [0, 0.1) is 0 Å². The fourth-order valence-corrected chi connectivity index (χ4v) is 5.37. The molecule has 5 N–H and O–H groups in total. The minimum absolute atomic E-state index is 0.0725. The lowest BCUT2D eigenvalue weighted by molar-refractivity contribution is -0.249. The topological polar surface area (TPSA) is 182 Å². The number of nitrogen functional groups attached to an aromatic ring is 1. The van der Waals surface area contributed by atoms with Crippen LogP contribution in [0.2, 0.25) is 0 Å². The number of methoxy groups -OCH3 is 1. The minimum Gasteiger partial charge on any atom is -0.480 e. The highest BCUT2D eigenvalue weighted by Gasteiger charge is 2.58. The van der Waals surface area contributed by atoms with Gasteiger partial charge in [0.1, 0.15) is 23.6 Å². The Balaban J connectivity index is 1.69. The van der Waals surface area contributed by atoms with Gasteiger partial charge in [-0.15, -0.1) is 0 Å². The number of aromatic nitrogens is 4. The lowest BCUT2D eigenvalue weighted by atomic mass is 9.87. The van der Waals surface area contributed by atoms with E-state index in [2.05, 4.69) is 15.1 Å². The lowest BCUT2D eigenvalue weighted by Crippen LogP contribution is -2.58. The Labute approximate surface area is 243 Å². The molecule has 3 aromatic rings. The van der Waals surface area contributed by atoms with E-state index in [0.717, 1.165) is 29.0 Å². The van der Waals surface area contributed by atoms with Crippen LogP contribution >= 0.6 is 0 Å². The lowest BCUT2D eigenvalue weighted by Gasteiger charge is -2.38. The van der Waals surface area contributed by atoms with Crippen LogP contribution in [0.3, 0.4) is 0 Å². The van der Waals surface area contributed by atoms with E-state index in [-0.39, 0.29) is 46.5 Å². The molecule has 0 aliphatic carbocycles. The largest absolute Gasteiger partial charge is 0.480 e. The molecule has 0 spiro atoms.